The second-order valence-corrected chi connectivity index (χ2v) is 17.8. The molecule has 0 amide bonds. The number of ether oxygens (including phenoxy) is 2. The van der Waals surface area contributed by atoms with Crippen LogP contribution in [0.25, 0.3) is 0 Å². The van der Waals surface area contributed by atoms with Crippen molar-refractivity contribution in [3.63, 3.8) is 0 Å². The minimum atomic E-state index is -0.134. The van der Waals surface area contributed by atoms with Crippen LogP contribution in [0.15, 0.2) is 0 Å². The van der Waals surface area contributed by atoms with Gasteiger partial charge in [-0.1, -0.05) is 56.2 Å². The predicted molar refractivity (Wildman–Crippen MR) is 143 cm³/mol. The maximum atomic E-state index is 12.0. The molecular formula is C27H42O4S3. The Morgan fingerprint density at radius 2 is 1.62 bits per heavy atom. The van der Waals surface area contributed by atoms with E-state index in [-0.39, 0.29) is 44.5 Å². The highest BCUT2D eigenvalue weighted by molar-refractivity contribution is 8.77. The fourth-order valence-corrected chi connectivity index (χ4v) is 16.1. The zero-order chi connectivity index (χ0) is 24.7. The lowest BCUT2D eigenvalue weighted by atomic mass is 9.44. The third-order valence-corrected chi connectivity index (χ3v) is 15.8. The molecular weight excluding hydrogens is 484 g/mol. The second-order valence-electron chi connectivity index (χ2n) is 13.0. The van der Waals surface area contributed by atoms with Gasteiger partial charge in [-0.05, 0) is 68.1 Å². The van der Waals surface area contributed by atoms with Crippen molar-refractivity contribution >= 4 is 45.3 Å². The molecule has 10 atom stereocenters. The van der Waals surface area contributed by atoms with Crippen LogP contribution in [-0.4, -0.2) is 44.1 Å². The quantitative estimate of drug-likeness (QED) is 0.293. The maximum absolute atomic E-state index is 12.0. The van der Waals surface area contributed by atoms with Gasteiger partial charge in [-0.2, -0.15) is 0 Å². The first-order chi connectivity index (χ1) is 15.8. The number of rotatable bonds is 3. The van der Waals surface area contributed by atoms with E-state index < -0.39 is 0 Å². The molecule has 0 aromatic carbocycles. The number of esters is 2. The molecule has 0 spiro atoms. The van der Waals surface area contributed by atoms with Crippen LogP contribution in [-0.2, 0) is 19.1 Å². The van der Waals surface area contributed by atoms with E-state index in [0.29, 0.717) is 28.3 Å². The average molecular weight is 527 g/mol. The summed E-state index contributed by atoms with van der Waals surface area (Å²) in [6, 6.07) is 0. The molecule has 2 heterocycles. The predicted octanol–water partition coefficient (Wildman–Crippen LogP) is 6.90. The largest absolute Gasteiger partial charge is 0.462 e. The summed E-state index contributed by atoms with van der Waals surface area (Å²) in [6.45, 7) is 15.3. The van der Waals surface area contributed by atoms with E-state index >= 15 is 0 Å². The molecule has 7 heteroatoms. The Hall–Kier alpha value is -0.0100. The molecule has 0 N–H and O–H groups in total. The number of hydrogen-bond donors (Lipinski definition) is 0. The van der Waals surface area contributed by atoms with Gasteiger partial charge < -0.3 is 9.47 Å². The van der Waals surface area contributed by atoms with Gasteiger partial charge in [0.1, 0.15) is 12.2 Å². The monoisotopic (exact) mass is 526 g/mol. The molecule has 0 unspecified atom stereocenters. The van der Waals surface area contributed by atoms with Crippen molar-refractivity contribution in [1.82, 2.24) is 0 Å². The lowest BCUT2D eigenvalue weighted by Crippen LogP contribution is -2.73. The summed E-state index contributed by atoms with van der Waals surface area (Å²) in [5, 5.41) is 0.844. The Balaban J connectivity index is 1.52. The summed E-state index contributed by atoms with van der Waals surface area (Å²) in [6.07, 6.45) is 8.15. The molecule has 4 saturated carbocycles. The van der Waals surface area contributed by atoms with Gasteiger partial charge in [0.05, 0.1) is 5.25 Å². The highest BCUT2D eigenvalue weighted by Gasteiger charge is 2.74. The van der Waals surface area contributed by atoms with Gasteiger partial charge in [0, 0.05) is 34.0 Å². The molecule has 6 fully saturated rings. The van der Waals surface area contributed by atoms with Crippen molar-refractivity contribution in [2.24, 2.45) is 28.6 Å². The Kier molecular flexibility index (Phi) is 6.41. The molecule has 0 radical (unpaired) electrons. The standard InChI is InChI=1S/C27H42O4S3/c1-15(28)30-20-14-22-26(7)19-11-12-25(6)18(8-9-21(25)31-16(2)29)17(19)10-13-27(26,23(20)33-32-22)34-24(3,4)5/h17-23H,8-14H2,1-7H3/t17-,18-,19-,20+,21-,22-,23+,25-,26-,27-/m0/s1. The van der Waals surface area contributed by atoms with E-state index in [0.717, 1.165) is 19.3 Å². The molecule has 0 aromatic rings. The zero-order valence-electron chi connectivity index (χ0n) is 21.8. The Bertz CT molecular complexity index is 857. The molecule has 0 aromatic heterocycles. The van der Waals surface area contributed by atoms with Crippen molar-refractivity contribution in [2.75, 3.05) is 0 Å². The summed E-state index contributed by atoms with van der Waals surface area (Å²) >= 11 is 2.20. The number of thioether (sulfide) groups is 1. The second kappa shape index (κ2) is 8.51. The van der Waals surface area contributed by atoms with E-state index in [4.69, 9.17) is 9.47 Å². The minimum absolute atomic E-state index is 0.0295. The highest BCUT2D eigenvalue weighted by Crippen LogP contribution is 2.77. The van der Waals surface area contributed by atoms with E-state index in [2.05, 4.69) is 57.2 Å². The van der Waals surface area contributed by atoms with Crippen LogP contribution in [0.4, 0.5) is 0 Å². The van der Waals surface area contributed by atoms with Gasteiger partial charge in [0.15, 0.2) is 0 Å². The topological polar surface area (TPSA) is 52.6 Å². The average Bonchev–Trinajstić information content (AvgIpc) is 3.04. The van der Waals surface area contributed by atoms with Crippen LogP contribution < -0.4 is 0 Å². The van der Waals surface area contributed by atoms with Crippen molar-refractivity contribution in [2.45, 2.75) is 126 Å². The van der Waals surface area contributed by atoms with Crippen LogP contribution in [0.5, 0.6) is 0 Å². The highest BCUT2D eigenvalue weighted by atomic mass is 33.1. The number of carbonyl (C=O) groups excluding carboxylic acids is 2. The first-order valence-corrected chi connectivity index (χ1v) is 16.3. The summed E-state index contributed by atoms with van der Waals surface area (Å²) < 4.78 is 12.1. The minimum Gasteiger partial charge on any atom is -0.462 e. The molecule has 4 aliphatic carbocycles. The fraction of sp³-hybridized carbons (Fsp3) is 0.926. The lowest BCUT2D eigenvalue weighted by Gasteiger charge is -2.72. The summed E-state index contributed by atoms with van der Waals surface area (Å²) in [7, 11) is 4.10. The Morgan fingerprint density at radius 3 is 2.26 bits per heavy atom. The van der Waals surface area contributed by atoms with Gasteiger partial charge >= 0.3 is 11.9 Å². The van der Waals surface area contributed by atoms with Gasteiger partial charge in [0.2, 0.25) is 0 Å². The molecule has 4 nitrogen and oxygen atoms in total. The first kappa shape index (κ1) is 25.6. The smallest absolute Gasteiger partial charge is 0.302 e. The van der Waals surface area contributed by atoms with Crippen molar-refractivity contribution in [3.8, 4) is 0 Å². The summed E-state index contributed by atoms with van der Waals surface area (Å²) in [4.78, 5) is 23.9. The summed E-state index contributed by atoms with van der Waals surface area (Å²) in [5.41, 5.74) is 0.335. The van der Waals surface area contributed by atoms with E-state index in [1.165, 1.54) is 25.7 Å². The normalized spacial score (nSPS) is 49.6. The lowest BCUT2D eigenvalue weighted by molar-refractivity contribution is -0.162. The zero-order valence-corrected chi connectivity index (χ0v) is 24.3. The molecule has 6 aliphatic rings. The van der Waals surface area contributed by atoms with Crippen LogP contribution in [0, 0.1) is 28.6 Å². The molecule has 192 valence electrons. The van der Waals surface area contributed by atoms with E-state index in [9.17, 15) is 9.59 Å². The molecule has 2 aliphatic heterocycles. The van der Waals surface area contributed by atoms with Gasteiger partial charge in [-0.15, -0.1) is 11.8 Å². The third kappa shape index (κ3) is 3.71. The molecule has 2 bridgehead atoms. The first-order valence-electron chi connectivity index (χ1n) is 13.2. The number of hydrogen-bond acceptors (Lipinski definition) is 7. The summed E-state index contributed by atoms with van der Waals surface area (Å²) in [5.74, 6) is 1.78. The van der Waals surface area contributed by atoms with Gasteiger partial charge in [-0.25, -0.2) is 0 Å². The Morgan fingerprint density at radius 1 is 0.912 bits per heavy atom. The molecule has 2 saturated heterocycles. The van der Waals surface area contributed by atoms with Crippen LogP contribution >= 0.6 is 33.3 Å². The maximum Gasteiger partial charge on any atom is 0.302 e. The van der Waals surface area contributed by atoms with Gasteiger partial charge in [-0.3, -0.25) is 9.59 Å². The van der Waals surface area contributed by atoms with Crippen molar-refractivity contribution in [3.05, 3.63) is 0 Å². The van der Waals surface area contributed by atoms with E-state index in [1.54, 1.807) is 13.8 Å². The van der Waals surface area contributed by atoms with Crippen LogP contribution in [0.2, 0.25) is 0 Å². The Labute approximate surface area is 218 Å². The number of carbonyl (C=O) groups is 2. The number of fused-ring (bicyclic) bond motifs is 5. The SMILES string of the molecule is CC(=O)O[C@H]1CC[C@H]2[C@@H]3CC[C@]4(SC(C)(C)C)[C@@H]5SS[C@@H](C[C@H]5OC(C)=O)[C@]4(C)[C@H]3CC[C@]12C. The van der Waals surface area contributed by atoms with Gasteiger partial charge in [0.25, 0.3) is 0 Å². The molecule has 6 rings (SSSR count). The van der Waals surface area contributed by atoms with Crippen LogP contribution in [0.1, 0.15) is 93.4 Å². The van der Waals surface area contributed by atoms with Crippen molar-refractivity contribution < 1.29 is 19.1 Å². The van der Waals surface area contributed by atoms with E-state index in [1.807, 2.05) is 10.8 Å². The van der Waals surface area contributed by atoms with Crippen molar-refractivity contribution in [1.29, 1.82) is 0 Å². The fourth-order valence-electron chi connectivity index (χ4n) is 9.08. The third-order valence-electron chi connectivity index (χ3n) is 10.2. The van der Waals surface area contributed by atoms with Crippen LogP contribution in [0.3, 0.4) is 0 Å². The molecule has 34 heavy (non-hydrogen) atoms.